The molecule has 0 radical (unpaired) electrons. The molecule has 1 amide bonds. The summed E-state index contributed by atoms with van der Waals surface area (Å²) in [5, 5.41) is 40.9. The van der Waals surface area contributed by atoms with Gasteiger partial charge in [0.2, 0.25) is 5.91 Å². The minimum Gasteiger partial charge on any atom is -0.394 e. The fourth-order valence-corrected chi connectivity index (χ4v) is 6.29. The Balaban J connectivity index is 2.33. The van der Waals surface area contributed by atoms with Gasteiger partial charge in [-0.15, -0.1) is 0 Å². The van der Waals surface area contributed by atoms with Crippen LogP contribution in [0.2, 0.25) is 0 Å². The van der Waals surface area contributed by atoms with Gasteiger partial charge in [0.15, 0.2) is 6.23 Å². The van der Waals surface area contributed by atoms with Crippen molar-refractivity contribution >= 4 is 5.91 Å². The van der Waals surface area contributed by atoms with Gasteiger partial charge < -0.3 is 30.1 Å². The van der Waals surface area contributed by atoms with Crippen molar-refractivity contribution in [2.75, 3.05) is 13.2 Å². The molecule has 43 heavy (non-hydrogen) atoms. The number of ether oxygens (including phenoxy) is 1. The quantitative estimate of drug-likeness (QED) is 0.0641. The molecule has 0 aliphatic carbocycles. The molecule has 1 aliphatic heterocycles. The monoisotopic (exact) mass is 614 g/mol. The second-order valence-corrected chi connectivity index (χ2v) is 13.2. The lowest BCUT2D eigenvalue weighted by atomic mass is 9.97. The molecule has 1 heterocycles. The Morgan fingerprint density at radius 3 is 1.30 bits per heavy atom. The highest BCUT2D eigenvalue weighted by atomic mass is 16.6. The van der Waals surface area contributed by atoms with Gasteiger partial charge in [-0.25, -0.2) is 0 Å². The maximum atomic E-state index is 13.3. The zero-order valence-electron chi connectivity index (χ0n) is 28.2. The third kappa shape index (κ3) is 18.7. The summed E-state index contributed by atoms with van der Waals surface area (Å²) in [6, 6.07) is 0. The van der Waals surface area contributed by atoms with Gasteiger partial charge in [0, 0.05) is 13.0 Å². The smallest absolute Gasteiger partial charge is 0.224 e. The Morgan fingerprint density at radius 1 is 0.535 bits per heavy atom. The van der Waals surface area contributed by atoms with E-state index in [1.165, 1.54) is 122 Å². The van der Waals surface area contributed by atoms with Crippen LogP contribution < -0.4 is 0 Å². The van der Waals surface area contributed by atoms with Gasteiger partial charge in [-0.3, -0.25) is 4.79 Å². The van der Waals surface area contributed by atoms with Crippen LogP contribution in [-0.4, -0.2) is 75.0 Å². The molecule has 1 rings (SSSR count). The van der Waals surface area contributed by atoms with Gasteiger partial charge in [-0.2, -0.15) is 0 Å². The van der Waals surface area contributed by atoms with Crippen molar-refractivity contribution in [3.63, 3.8) is 0 Å². The van der Waals surface area contributed by atoms with Crippen LogP contribution in [-0.2, 0) is 9.53 Å². The first-order chi connectivity index (χ1) is 21.0. The van der Waals surface area contributed by atoms with Gasteiger partial charge in [0.1, 0.15) is 24.4 Å². The predicted molar refractivity (Wildman–Crippen MR) is 177 cm³/mol. The summed E-state index contributed by atoms with van der Waals surface area (Å²) in [5.74, 6) is -0.0896. The summed E-state index contributed by atoms with van der Waals surface area (Å²) in [6.45, 7) is 4.45. The molecule has 1 aliphatic rings. The van der Waals surface area contributed by atoms with Gasteiger partial charge in [0.05, 0.1) is 6.61 Å². The third-order valence-electron chi connectivity index (χ3n) is 9.24. The number of aliphatic hydroxyl groups excluding tert-OH is 4. The third-order valence-corrected chi connectivity index (χ3v) is 9.24. The molecule has 7 heteroatoms. The fourth-order valence-electron chi connectivity index (χ4n) is 6.29. The maximum absolute atomic E-state index is 13.3. The molecule has 1 fully saturated rings. The number of hydrogen-bond acceptors (Lipinski definition) is 6. The molecule has 256 valence electrons. The molecule has 0 saturated carbocycles. The molecule has 5 atom stereocenters. The Hall–Kier alpha value is -0.730. The van der Waals surface area contributed by atoms with E-state index in [1.54, 1.807) is 4.90 Å². The largest absolute Gasteiger partial charge is 0.394 e. The van der Waals surface area contributed by atoms with Crippen LogP contribution in [0.5, 0.6) is 0 Å². The molecule has 4 N–H and O–H groups in total. The molecule has 0 aromatic heterocycles. The SMILES string of the molecule is CCCCCCCCCCCCCCCCCCN(C(=O)CCCCCCCCCCC)[C@H]1O[C@H](CO)[C@@H](O)[C@H](O)[C@@H]1O. The average Bonchev–Trinajstić information content (AvgIpc) is 3.01. The van der Waals surface area contributed by atoms with E-state index in [0.717, 1.165) is 38.5 Å². The van der Waals surface area contributed by atoms with Gasteiger partial charge in [0.25, 0.3) is 0 Å². The molecule has 0 aromatic rings. The summed E-state index contributed by atoms with van der Waals surface area (Å²) in [7, 11) is 0. The number of hydrogen-bond donors (Lipinski definition) is 4. The normalized spacial score (nSPS) is 22.2. The van der Waals surface area contributed by atoms with Crippen molar-refractivity contribution in [2.24, 2.45) is 0 Å². The van der Waals surface area contributed by atoms with Crippen LogP contribution in [0.15, 0.2) is 0 Å². The zero-order chi connectivity index (χ0) is 31.5. The first kappa shape index (κ1) is 40.3. The molecular weight excluding hydrogens is 542 g/mol. The van der Waals surface area contributed by atoms with Crippen molar-refractivity contribution in [3.8, 4) is 0 Å². The summed E-state index contributed by atoms with van der Waals surface area (Å²) >= 11 is 0. The highest BCUT2D eigenvalue weighted by molar-refractivity contribution is 5.76. The number of unbranched alkanes of at least 4 members (excludes halogenated alkanes) is 23. The van der Waals surface area contributed by atoms with Crippen LogP contribution in [0, 0.1) is 0 Å². The van der Waals surface area contributed by atoms with Crippen LogP contribution in [0.25, 0.3) is 0 Å². The van der Waals surface area contributed by atoms with Gasteiger partial charge in [-0.05, 0) is 12.8 Å². The van der Waals surface area contributed by atoms with Gasteiger partial charge in [-0.1, -0.05) is 162 Å². The van der Waals surface area contributed by atoms with E-state index in [-0.39, 0.29) is 5.91 Å². The van der Waals surface area contributed by atoms with E-state index in [9.17, 15) is 25.2 Å². The first-order valence-electron chi connectivity index (χ1n) is 18.6. The number of rotatable bonds is 29. The van der Waals surface area contributed by atoms with Crippen LogP contribution in [0.4, 0.5) is 0 Å². The molecule has 0 aromatic carbocycles. The van der Waals surface area contributed by atoms with Crippen LogP contribution in [0.1, 0.15) is 181 Å². The van der Waals surface area contributed by atoms with Crippen molar-refractivity contribution < 1.29 is 30.0 Å². The minimum atomic E-state index is -1.47. The van der Waals surface area contributed by atoms with Crippen LogP contribution in [0.3, 0.4) is 0 Å². The second-order valence-electron chi connectivity index (χ2n) is 13.2. The Kier molecular flexibility index (Phi) is 25.8. The number of carbonyl (C=O) groups excluding carboxylic acids is 1. The summed E-state index contributed by atoms with van der Waals surface area (Å²) in [5.41, 5.74) is 0. The Morgan fingerprint density at radius 2 is 0.907 bits per heavy atom. The molecule has 7 nitrogen and oxygen atoms in total. The molecule has 0 unspecified atom stereocenters. The molecule has 1 saturated heterocycles. The molecule has 0 bridgehead atoms. The highest BCUT2D eigenvalue weighted by Gasteiger charge is 2.46. The zero-order valence-corrected chi connectivity index (χ0v) is 28.2. The fraction of sp³-hybridized carbons (Fsp3) is 0.972. The lowest BCUT2D eigenvalue weighted by Gasteiger charge is -2.44. The standard InChI is InChI=1S/C36H71NO6/c1-3-5-7-9-11-13-14-15-16-17-18-19-21-23-25-27-29-37(36-35(42)34(41)33(40)31(30-38)43-36)32(39)28-26-24-22-20-12-10-8-6-4-2/h31,33-36,38,40-42H,3-30H2,1-2H3/t31-,33-,34+,35+,36+/m1/s1. The Labute approximate surface area is 265 Å². The number of aliphatic hydroxyl groups is 4. The first-order valence-corrected chi connectivity index (χ1v) is 18.6. The van der Waals surface area contributed by atoms with Gasteiger partial charge >= 0.3 is 0 Å². The number of nitrogens with zero attached hydrogens (tertiary/aromatic N) is 1. The van der Waals surface area contributed by atoms with E-state index in [1.807, 2.05) is 0 Å². The minimum absolute atomic E-state index is 0.0896. The van der Waals surface area contributed by atoms with E-state index < -0.39 is 37.3 Å². The number of carbonyl (C=O) groups is 1. The lowest BCUT2D eigenvalue weighted by Crippen LogP contribution is -2.64. The average molecular weight is 614 g/mol. The predicted octanol–water partition coefficient (Wildman–Crippen LogP) is 7.80. The van der Waals surface area contributed by atoms with Crippen LogP contribution >= 0.6 is 0 Å². The van der Waals surface area contributed by atoms with Crippen molar-refractivity contribution in [1.82, 2.24) is 4.90 Å². The van der Waals surface area contributed by atoms with E-state index in [0.29, 0.717) is 13.0 Å². The van der Waals surface area contributed by atoms with E-state index >= 15 is 0 Å². The summed E-state index contributed by atoms with van der Waals surface area (Å²) in [4.78, 5) is 14.9. The molecule has 0 spiro atoms. The Bertz CT molecular complexity index is 633. The van der Waals surface area contributed by atoms with Crippen molar-refractivity contribution in [2.45, 2.75) is 211 Å². The van der Waals surface area contributed by atoms with E-state index in [4.69, 9.17) is 4.74 Å². The maximum Gasteiger partial charge on any atom is 0.224 e. The summed E-state index contributed by atoms with van der Waals surface area (Å²) < 4.78 is 5.78. The van der Waals surface area contributed by atoms with Crippen molar-refractivity contribution in [1.29, 1.82) is 0 Å². The lowest BCUT2D eigenvalue weighted by molar-refractivity contribution is -0.262. The summed E-state index contributed by atoms with van der Waals surface area (Å²) in [6.07, 6.45) is 25.0. The topological polar surface area (TPSA) is 110 Å². The number of amides is 1. The second kappa shape index (κ2) is 27.6. The highest BCUT2D eigenvalue weighted by Crippen LogP contribution is 2.25. The van der Waals surface area contributed by atoms with Crippen molar-refractivity contribution in [3.05, 3.63) is 0 Å². The molecular formula is C36H71NO6. The van der Waals surface area contributed by atoms with E-state index in [2.05, 4.69) is 13.8 Å².